The van der Waals surface area contributed by atoms with Gasteiger partial charge in [-0.1, -0.05) is 12.1 Å². The van der Waals surface area contributed by atoms with E-state index < -0.39 is 0 Å². The fourth-order valence-electron chi connectivity index (χ4n) is 2.04. The van der Waals surface area contributed by atoms with Crippen molar-refractivity contribution in [1.29, 1.82) is 0 Å². The van der Waals surface area contributed by atoms with Crippen molar-refractivity contribution in [1.82, 2.24) is 9.97 Å². The topological polar surface area (TPSA) is 50.3 Å². The number of nitrogens with one attached hydrogen (secondary N) is 1. The fraction of sp³-hybridized carbons (Fsp3) is 0.333. The summed E-state index contributed by atoms with van der Waals surface area (Å²) in [4.78, 5) is 10.6. The number of methoxy groups -OCH3 is 1. The molecule has 0 aliphatic heterocycles. The largest absolute Gasteiger partial charge is 0.490 e. The zero-order valence-electron chi connectivity index (χ0n) is 12.3. The molecule has 0 spiro atoms. The standard InChI is InChI=1S/C15H20N4O/c1-5-16-14-13(20-4)15(18-10-17-14)19(3)12-8-6-7-11(2)9-12/h6-10H,5H2,1-4H3,(H,16,17,18). The van der Waals surface area contributed by atoms with E-state index in [9.17, 15) is 0 Å². The number of hydrogen-bond donors (Lipinski definition) is 1. The highest BCUT2D eigenvalue weighted by Gasteiger charge is 2.16. The normalized spacial score (nSPS) is 10.2. The Labute approximate surface area is 119 Å². The molecule has 0 saturated carbocycles. The van der Waals surface area contributed by atoms with Crippen LogP contribution in [-0.2, 0) is 0 Å². The summed E-state index contributed by atoms with van der Waals surface area (Å²) in [5, 5.41) is 3.18. The van der Waals surface area contributed by atoms with Gasteiger partial charge in [0.1, 0.15) is 6.33 Å². The number of anilines is 3. The lowest BCUT2D eigenvalue weighted by atomic mass is 10.2. The molecule has 1 heterocycles. The highest BCUT2D eigenvalue weighted by Crippen LogP contribution is 2.34. The Balaban J connectivity index is 2.43. The molecule has 0 unspecified atom stereocenters. The second-order valence-corrected chi connectivity index (χ2v) is 4.51. The summed E-state index contributed by atoms with van der Waals surface area (Å²) in [6, 6.07) is 8.24. The first kappa shape index (κ1) is 14.1. The van der Waals surface area contributed by atoms with Gasteiger partial charge in [0.25, 0.3) is 0 Å². The van der Waals surface area contributed by atoms with E-state index in [1.54, 1.807) is 13.4 Å². The third kappa shape index (κ3) is 2.82. The molecule has 2 aromatic rings. The number of benzene rings is 1. The molecule has 0 radical (unpaired) electrons. The maximum atomic E-state index is 5.47. The van der Waals surface area contributed by atoms with Gasteiger partial charge in [-0.3, -0.25) is 0 Å². The Bertz CT molecular complexity index is 586. The van der Waals surface area contributed by atoms with Crippen LogP contribution in [0.25, 0.3) is 0 Å². The van der Waals surface area contributed by atoms with Gasteiger partial charge >= 0.3 is 0 Å². The zero-order valence-corrected chi connectivity index (χ0v) is 12.3. The Morgan fingerprint density at radius 2 is 2.10 bits per heavy atom. The summed E-state index contributed by atoms with van der Waals surface area (Å²) in [5.74, 6) is 2.10. The lowest BCUT2D eigenvalue weighted by molar-refractivity contribution is 0.414. The van der Waals surface area contributed by atoms with Crippen molar-refractivity contribution in [3.63, 3.8) is 0 Å². The third-order valence-electron chi connectivity index (χ3n) is 3.04. The molecule has 1 aromatic carbocycles. The molecule has 5 nitrogen and oxygen atoms in total. The Morgan fingerprint density at radius 1 is 1.30 bits per heavy atom. The molecule has 1 N–H and O–H groups in total. The maximum Gasteiger partial charge on any atom is 0.204 e. The van der Waals surface area contributed by atoms with Gasteiger partial charge in [-0.15, -0.1) is 0 Å². The number of nitrogens with zero attached hydrogens (tertiary/aromatic N) is 3. The van der Waals surface area contributed by atoms with Crippen LogP contribution < -0.4 is 15.0 Å². The molecular formula is C15H20N4O. The quantitative estimate of drug-likeness (QED) is 0.906. The molecule has 106 valence electrons. The van der Waals surface area contributed by atoms with E-state index in [1.807, 2.05) is 31.0 Å². The molecule has 5 heteroatoms. The molecule has 2 rings (SSSR count). The van der Waals surface area contributed by atoms with Gasteiger partial charge in [-0.2, -0.15) is 0 Å². The van der Waals surface area contributed by atoms with Gasteiger partial charge in [-0.25, -0.2) is 9.97 Å². The number of aryl methyl sites for hydroxylation is 1. The molecule has 1 aromatic heterocycles. The lowest BCUT2D eigenvalue weighted by Gasteiger charge is -2.22. The van der Waals surface area contributed by atoms with Gasteiger partial charge in [0.2, 0.25) is 5.75 Å². The molecular weight excluding hydrogens is 252 g/mol. The molecule has 0 atom stereocenters. The SMILES string of the molecule is CCNc1ncnc(N(C)c2cccc(C)c2)c1OC. The van der Waals surface area contributed by atoms with Crippen molar-refractivity contribution in [2.75, 3.05) is 30.9 Å². The van der Waals surface area contributed by atoms with Gasteiger partial charge in [0.05, 0.1) is 7.11 Å². The minimum Gasteiger partial charge on any atom is -0.490 e. The average Bonchev–Trinajstić information content (AvgIpc) is 2.46. The molecule has 0 amide bonds. The zero-order chi connectivity index (χ0) is 14.5. The minimum atomic E-state index is 0.651. The van der Waals surface area contributed by atoms with E-state index >= 15 is 0 Å². The van der Waals surface area contributed by atoms with E-state index in [2.05, 4.69) is 34.3 Å². The van der Waals surface area contributed by atoms with Crippen molar-refractivity contribution < 1.29 is 4.74 Å². The van der Waals surface area contributed by atoms with Crippen LogP contribution in [0.5, 0.6) is 5.75 Å². The first-order valence-electron chi connectivity index (χ1n) is 6.60. The van der Waals surface area contributed by atoms with Crippen LogP contribution in [0, 0.1) is 6.92 Å². The summed E-state index contributed by atoms with van der Waals surface area (Å²) in [6.45, 7) is 4.87. The number of rotatable bonds is 5. The average molecular weight is 272 g/mol. The van der Waals surface area contributed by atoms with Gasteiger partial charge in [-0.05, 0) is 31.5 Å². The monoisotopic (exact) mass is 272 g/mol. The molecule has 20 heavy (non-hydrogen) atoms. The van der Waals surface area contributed by atoms with Crippen LogP contribution in [0.2, 0.25) is 0 Å². The van der Waals surface area contributed by atoms with Crippen molar-refractivity contribution in [2.24, 2.45) is 0 Å². The number of aromatic nitrogens is 2. The third-order valence-corrected chi connectivity index (χ3v) is 3.04. The molecule has 0 aliphatic carbocycles. The van der Waals surface area contributed by atoms with Crippen LogP contribution >= 0.6 is 0 Å². The minimum absolute atomic E-state index is 0.651. The Hall–Kier alpha value is -2.30. The van der Waals surface area contributed by atoms with Crippen molar-refractivity contribution in [3.05, 3.63) is 36.2 Å². The van der Waals surface area contributed by atoms with E-state index in [0.29, 0.717) is 11.6 Å². The summed E-state index contributed by atoms with van der Waals surface area (Å²) in [6.07, 6.45) is 1.54. The number of hydrogen-bond acceptors (Lipinski definition) is 5. The summed E-state index contributed by atoms with van der Waals surface area (Å²) in [7, 11) is 3.60. The Kier molecular flexibility index (Phi) is 4.40. The van der Waals surface area contributed by atoms with Crippen molar-refractivity contribution >= 4 is 17.3 Å². The smallest absolute Gasteiger partial charge is 0.204 e. The first-order chi connectivity index (χ1) is 9.67. The van der Waals surface area contributed by atoms with Crippen LogP contribution in [0.4, 0.5) is 17.3 Å². The van der Waals surface area contributed by atoms with E-state index in [1.165, 1.54) is 5.56 Å². The molecule has 0 bridgehead atoms. The van der Waals surface area contributed by atoms with Crippen LogP contribution in [-0.4, -0.2) is 30.7 Å². The predicted molar refractivity (Wildman–Crippen MR) is 82.0 cm³/mol. The molecule has 0 fully saturated rings. The highest BCUT2D eigenvalue weighted by molar-refractivity contribution is 5.71. The summed E-state index contributed by atoms with van der Waals surface area (Å²) >= 11 is 0. The second kappa shape index (κ2) is 6.23. The molecule has 0 saturated heterocycles. The first-order valence-corrected chi connectivity index (χ1v) is 6.60. The van der Waals surface area contributed by atoms with E-state index in [4.69, 9.17) is 4.74 Å². The summed E-state index contributed by atoms with van der Waals surface area (Å²) in [5.41, 5.74) is 2.26. The Morgan fingerprint density at radius 3 is 2.75 bits per heavy atom. The highest BCUT2D eigenvalue weighted by atomic mass is 16.5. The maximum absolute atomic E-state index is 5.47. The second-order valence-electron chi connectivity index (χ2n) is 4.51. The summed E-state index contributed by atoms with van der Waals surface area (Å²) < 4.78 is 5.47. The lowest BCUT2D eigenvalue weighted by Crippen LogP contribution is -2.14. The van der Waals surface area contributed by atoms with Crippen molar-refractivity contribution in [3.8, 4) is 5.75 Å². The van der Waals surface area contributed by atoms with Crippen LogP contribution in [0.15, 0.2) is 30.6 Å². The van der Waals surface area contributed by atoms with Gasteiger partial charge in [0.15, 0.2) is 11.6 Å². The van der Waals surface area contributed by atoms with E-state index in [-0.39, 0.29) is 0 Å². The van der Waals surface area contributed by atoms with Crippen molar-refractivity contribution in [2.45, 2.75) is 13.8 Å². The fourth-order valence-corrected chi connectivity index (χ4v) is 2.04. The molecule has 0 aliphatic rings. The van der Waals surface area contributed by atoms with Crippen LogP contribution in [0.1, 0.15) is 12.5 Å². The van der Waals surface area contributed by atoms with Gasteiger partial charge in [0, 0.05) is 19.3 Å². The van der Waals surface area contributed by atoms with E-state index in [0.717, 1.165) is 18.1 Å². The number of ether oxygens (including phenoxy) is 1. The predicted octanol–water partition coefficient (Wildman–Crippen LogP) is 2.99. The van der Waals surface area contributed by atoms with Gasteiger partial charge < -0.3 is 15.0 Å². The van der Waals surface area contributed by atoms with Crippen LogP contribution in [0.3, 0.4) is 0 Å².